The van der Waals surface area contributed by atoms with E-state index in [1.165, 1.54) is 4.91 Å². The molecule has 0 radical (unpaired) electrons. The summed E-state index contributed by atoms with van der Waals surface area (Å²) in [5.74, 6) is 0.679. The molecule has 5 rings (SSSR count). The normalized spacial score (nSPS) is 20.9. The van der Waals surface area contributed by atoms with Gasteiger partial charge in [0.1, 0.15) is 0 Å². The molecule has 2 aromatic rings. The summed E-state index contributed by atoms with van der Waals surface area (Å²) in [4.78, 5) is 36.6. The summed E-state index contributed by atoms with van der Waals surface area (Å²) in [6, 6.07) is 15.6. The summed E-state index contributed by atoms with van der Waals surface area (Å²) >= 11 is 7.87. The number of nitrogens with one attached hydrogen (secondary N) is 1. The molecule has 3 aliphatic rings. The van der Waals surface area contributed by atoms with Crippen molar-refractivity contribution in [3.8, 4) is 0 Å². The average molecular weight is 575 g/mol. The van der Waals surface area contributed by atoms with Crippen LogP contribution in [0.2, 0.25) is 5.02 Å². The zero-order valence-corrected chi connectivity index (χ0v) is 24.8. The van der Waals surface area contributed by atoms with Gasteiger partial charge in [0.15, 0.2) is 5.84 Å². The number of halogens is 1. The van der Waals surface area contributed by atoms with Crippen molar-refractivity contribution >= 4 is 51.5 Å². The number of thioether (sulfide) groups is 1. The number of carbonyl (C=O) groups excluding carboxylic acids is 2. The van der Waals surface area contributed by atoms with Crippen molar-refractivity contribution in [3.63, 3.8) is 0 Å². The smallest absolute Gasteiger partial charge is 0.289 e. The monoisotopic (exact) mass is 574 g/mol. The lowest BCUT2D eigenvalue weighted by atomic mass is 9.97. The maximum Gasteiger partial charge on any atom is 0.289 e. The largest absolute Gasteiger partial charge is 0.342 e. The van der Waals surface area contributed by atoms with E-state index in [4.69, 9.17) is 11.6 Å². The summed E-state index contributed by atoms with van der Waals surface area (Å²) in [5.41, 5.74) is 3.24. The molecule has 3 heterocycles. The summed E-state index contributed by atoms with van der Waals surface area (Å²) in [6.07, 6.45) is 8.02. The van der Waals surface area contributed by atoms with Gasteiger partial charge >= 0.3 is 0 Å². The number of aliphatic imine (C=N–C) groups is 1. The molecule has 208 valence electrons. The Morgan fingerprint density at radius 3 is 2.67 bits per heavy atom. The Bertz CT molecular complexity index is 1430. The van der Waals surface area contributed by atoms with E-state index in [9.17, 15) is 9.59 Å². The Morgan fingerprint density at radius 2 is 1.88 bits per heavy atom. The van der Waals surface area contributed by atoms with Gasteiger partial charge in [0, 0.05) is 47.9 Å². The number of carbonyl (C=O) groups is 2. The first kappa shape index (κ1) is 28.2. The second kappa shape index (κ2) is 12.1. The lowest BCUT2D eigenvalue weighted by Crippen LogP contribution is -2.63. The van der Waals surface area contributed by atoms with Crippen molar-refractivity contribution in [2.75, 3.05) is 26.2 Å². The van der Waals surface area contributed by atoms with E-state index in [1.807, 2.05) is 72.3 Å². The van der Waals surface area contributed by atoms with Crippen LogP contribution in [0.25, 0.3) is 10.5 Å². The number of amidine groups is 1. The van der Waals surface area contributed by atoms with Gasteiger partial charge < -0.3 is 15.1 Å². The standard InChI is InChI=1S/C32H35ClN4O2S/c1-22-10-11-28(40-17-13-22)24-7-4-8-25(18-24)30(38)36-15-16-37(32(2,3)21-36)31(39)29-34-14-12-26(20-35-29)23-6-5-9-27(33)19-23/h4-9,11,13,17-20,22H,10,12,14-16,21H2,1-3H3,(H,34,35). The SMILES string of the molecule is CC1C=CSC(c2cccc(C(=O)N3CCN(C(=O)C4=NCCC(c5cccc(Cl)c5)=CN4)C(C)(C)C3)c2)=CC1. The van der Waals surface area contributed by atoms with E-state index < -0.39 is 5.54 Å². The Kier molecular flexibility index (Phi) is 8.52. The van der Waals surface area contributed by atoms with Crippen LogP contribution in [0.3, 0.4) is 0 Å². The van der Waals surface area contributed by atoms with Crippen LogP contribution < -0.4 is 5.32 Å². The Morgan fingerprint density at radius 1 is 1.07 bits per heavy atom. The highest BCUT2D eigenvalue weighted by Gasteiger charge is 2.40. The first-order chi connectivity index (χ1) is 19.2. The molecule has 1 fully saturated rings. The number of amides is 2. The molecule has 6 nitrogen and oxygen atoms in total. The second-order valence-electron chi connectivity index (χ2n) is 11.1. The summed E-state index contributed by atoms with van der Waals surface area (Å²) < 4.78 is 0. The van der Waals surface area contributed by atoms with Crippen molar-refractivity contribution < 1.29 is 9.59 Å². The zero-order valence-electron chi connectivity index (χ0n) is 23.2. The van der Waals surface area contributed by atoms with Gasteiger partial charge in [-0.1, -0.05) is 66.7 Å². The highest BCUT2D eigenvalue weighted by Crippen LogP contribution is 2.33. The van der Waals surface area contributed by atoms with Gasteiger partial charge in [-0.05, 0) is 79.0 Å². The lowest BCUT2D eigenvalue weighted by molar-refractivity contribution is -0.132. The van der Waals surface area contributed by atoms with Crippen LogP contribution in [0.1, 0.15) is 55.1 Å². The molecule has 40 heavy (non-hydrogen) atoms. The number of hydrogen-bond donors (Lipinski definition) is 1. The highest BCUT2D eigenvalue weighted by atomic mass is 35.5. The molecule has 0 spiro atoms. The molecule has 1 atom stereocenters. The van der Waals surface area contributed by atoms with E-state index in [0.717, 1.165) is 23.1 Å². The molecule has 2 aromatic carbocycles. The van der Waals surface area contributed by atoms with E-state index >= 15 is 0 Å². The average Bonchev–Trinajstić information content (AvgIpc) is 3.32. The maximum absolute atomic E-state index is 13.6. The van der Waals surface area contributed by atoms with Crippen LogP contribution in [0.4, 0.5) is 0 Å². The Balaban J connectivity index is 1.26. The van der Waals surface area contributed by atoms with Crippen LogP contribution in [0, 0.1) is 5.92 Å². The minimum absolute atomic E-state index is 0.0100. The summed E-state index contributed by atoms with van der Waals surface area (Å²) in [7, 11) is 0. The molecule has 3 aliphatic heterocycles. The van der Waals surface area contributed by atoms with Gasteiger partial charge in [-0.15, -0.1) is 0 Å². The predicted octanol–water partition coefficient (Wildman–Crippen LogP) is 6.46. The number of nitrogens with zero attached hydrogens (tertiary/aromatic N) is 3. The van der Waals surface area contributed by atoms with E-state index in [-0.39, 0.29) is 11.8 Å². The minimum atomic E-state index is -0.556. The van der Waals surface area contributed by atoms with E-state index in [0.29, 0.717) is 54.9 Å². The van der Waals surface area contributed by atoms with E-state index in [2.05, 4.69) is 40.9 Å². The molecule has 1 saturated heterocycles. The number of rotatable bonds is 4. The van der Waals surface area contributed by atoms with Crippen molar-refractivity contribution in [3.05, 3.63) is 94.0 Å². The quantitative estimate of drug-likeness (QED) is 0.455. The number of piperazine rings is 1. The fraction of sp³-hybridized carbons (Fsp3) is 0.344. The van der Waals surface area contributed by atoms with Gasteiger partial charge in [0.05, 0.1) is 5.54 Å². The molecule has 8 heteroatoms. The van der Waals surface area contributed by atoms with Gasteiger partial charge in [-0.2, -0.15) is 0 Å². The lowest BCUT2D eigenvalue weighted by Gasteiger charge is -2.47. The Labute approximate surface area is 245 Å². The zero-order chi connectivity index (χ0) is 28.3. The van der Waals surface area contributed by atoms with Gasteiger partial charge in [-0.25, -0.2) is 0 Å². The van der Waals surface area contributed by atoms with E-state index in [1.54, 1.807) is 11.8 Å². The molecule has 1 N–H and O–H groups in total. The molecular weight excluding hydrogens is 540 g/mol. The van der Waals surface area contributed by atoms with Crippen LogP contribution >= 0.6 is 23.4 Å². The van der Waals surface area contributed by atoms with Crippen molar-refractivity contribution in [2.24, 2.45) is 10.9 Å². The summed E-state index contributed by atoms with van der Waals surface area (Å²) in [6.45, 7) is 8.06. The number of hydrogen-bond acceptors (Lipinski definition) is 5. The number of benzene rings is 2. The van der Waals surface area contributed by atoms with Gasteiger partial charge in [0.25, 0.3) is 11.8 Å². The van der Waals surface area contributed by atoms with Crippen LogP contribution in [-0.2, 0) is 4.79 Å². The van der Waals surface area contributed by atoms with Crippen LogP contribution in [-0.4, -0.2) is 59.2 Å². The molecule has 0 aromatic heterocycles. The molecule has 2 amide bonds. The Hall–Kier alpha value is -3.29. The fourth-order valence-corrected chi connectivity index (χ4v) is 6.42. The van der Waals surface area contributed by atoms with Crippen molar-refractivity contribution in [1.29, 1.82) is 0 Å². The molecular formula is C32H35ClN4O2S. The van der Waals surface area contributed by atoms with Crippen molar-refractivity contribution in [2.45, 2.75) is 39.2 Å². The van der Waals surface area contributed by atoms with Crippen LogP contribution in [0.5, 0.6) is 0 Å². The third-order valence-corrected chi connectivity index (χ3v) is 8.72. The molecule has 0 saturated carbocycles. The van der Waals surface area contributed by atoms with Gasteiger partial charge in [-0.3, -0.25) is 14.6 Å². The third kappa shape index (κ3) is 6.37. The predicted molar refractivity (Wildman–Crippen MR) is 166 cm³/mol. The van der Waals surface area contributed by atoms with Crippen LogP contribution in [0.15, 0.2) is 77.3 Å². The van der Waals surface area contributed by atoms with Crippen molar-refractivity contribution in [1.82, 2.24) is 15.1 Å². The molecule has 0 aliphatic carbocycles. The first-order valence-electron chi connectivity index (χ1n) is 13.7. The topological polar surface area (TPSA) is 65.0 Å². The maximum atomic E-state index is 13.6. The second-order valence-corrected chi connectivity index (χ2v) is 12.5. The van der Waals surface area contributed by atoms with Gasteiger partial charge in [0.2, 0.25) is 0 Å². The minimum Gasteiger partial charge on any atom is -0.342 e. The molecule has 0 bridgehead atoms. The third-order valence-electron chi connectivity index (χ3n) is 7.54. The summed E-state index contributed by atoms with van der Waals surface area (Å²) in [5, 5.41) is 5.96. The molecule has 1 unspecified atom stereocenters. The fourth-order valence-electron chi connectivity index (χ4n) is 5.28. The first-order valence-corrected chi connectivity index (χ1v) is 15.0. The highest BCUT2D eigenvalue weighted by molar-refractivity contribution is 8.10. The number of allylic oxidation sites excluding steroid dienone is 2.